The van der Waals surface area contributed by atoms with Crippen molar-refractivity contribution in [3.8, 4) is 0 Å². The standard InChI is InChI=1S/C17H21F3N4S/c1-4-21-16(23-10-15-24-11(2)12(3)25-15)22-9-13-6-5-7-14(8-13)17(18,19)20/h5-8H,4,9-10H2,1-3H3,(H2,21,22,23). The molecule has 1 heterocycles. The molecule has 1 aromatic carbocycles. The smallest absolute Gasteiger partial charge is 0.357 e. The molecule has 2 N–H and O–H groups in total. The first-order chi connectivity index (χ1) is 11.8. The predicted molar refractivity (Wildman–Crippen MR) is 94.7 cm³/mol. The Balaban J connectivity index is 2.04. The highest BCUT2D eigenvalue weighted by molar-refractivity contribution is 7.11. The van der Waals surface area contributed by atoms with Crippen molar-refractivity contribution in [2.24, 2.45) is 4.99 Å². The second-order valence-electron chi connectivity index (χ2n) is 5.50. The number of nitrogens with zero attached hydrogens (tertiary/aromatic N) is 2. The molecule has 0 radical (unpaired) electrons. The number of benzene rings is 1. The van der Waals surface area contributed by atoms with Gasteiger partial charge in [0, 0.05) is 11.4 Å². The van der Waals surface area contributed by atoms with Gasteiger partial charge in [-0.3, -0.25) is 0 Å². The average Bonchev–Trinajstić information content (AvgIpc) is 2.88. The van der Waals surface area contributed by atoms with E-state index in [1.165, 1.54) is 10.9 Å². The van der Waals surface area contributed by atoms with E-state index in [2.05, 4.69) is 20.6 Å². The zero-order valence-electron chi connectivity index (χ0n) is 14.4. The van der Waals surface area contributed by atoms with Gasteiger partial charge in [-0.25, -0.2) is 9.98 Å². The van der Waals surface area contributed by atoms with Gasteiger partial charge in [0.25, 0.3) is 0 Å². The first kappa shape index (κ1) is 19.2. The molecular formula is C17H21F3N4S. The van der Waals surface area contributed by atoms with Crippen LogP contribution in [0.25, 0.3) is 0 Å². The number of nitrogens with one attached hydrogen (secondary N) is 2. The van der Waals surface area contributed by atoms with Crippen LogP contribution in [-0.2, 0) is 19.3 Å². The van der Waals surface area contributed by atoms with E-state index in [1.54, 1.807) is 17.4 Å². The quantitative estimate of drug-likeness (QED) is 0.617. The number of aryl methyl sites for hydroxylation is 2. The van der Waals surface area contributed by atoms with Crippen molar-refractivity contribution in [3.05, 3.63) is 51.0 Å². The van der Waals surface area contributed by atoms with Gasteiger partial charge in [0.2, 0.25) is 0 Å². The number of aliphatic imine (C=N–C) groups is 1. The van der Waals surface area contributed by atoms with Crippen LogP contribution in [0.1, 0.15) is 33.6 Å². The fourth-order valence-corrected chi connectivity index (χ4v) is 3.01. The molecule has 0 spiro atoms. The third-order valence-electron chi connectivity index (χ3n) is 3.50. The SMILES string of the molecule is CCNC(=NCc1cccc(C(F)(F)F)c1)NCc1nc(C)c(C)s1. The number of hydrogen-bond donors (Lipinski definition) is 2. The zero-order valence-corrected chi connectivity index (χ0v) is 15.2. The van der Waals surface area contributed by atoms with Gasteiger partial charge in [-0.15, -0.1) is 11.3 Å². The number of rotatable bonds is 5. The fourth-order valence-electron chi connectivity index (χ4n) is 2.13. The van der Waals surface area contributed by atoms with Gasteiger partial charge in [-0.2, -0.15) is 13.2 Å². The van der Waals surface area contributed by atoms with E-state index in [0.29, 0.717) is 24.6 Å². The Bertz CT molecular complexity index is 718. The summed E-state index contributed by atoms with van der Waals surface area (Å²) in [5.41, 5.74) is 0.854. The Morgan fingerprint density at radius 1 is 1.24 bits per heavy atom. The minimum Gasteiger partial charge on any atom is -0.357 e. The van der Waals surface area contributed by atoms with E-state index in [0.717, 1.165) is 22.8 Å². The zero-order chi connectivity index (χ0) is 18.4. The number of halogens is 3. The summed E-state index contributed by atoms with van der Waals surface area (Å²) < 4.78 is 38.3. The molecule has 2 aromatic rings. The summed E-state index contributed by atoms with van der Waals surface area (Å²) in [4.78, 5) is 9.97. The lowest BCUT2D eigenvalue weighted by atomic mass is 10.1. The van der Waals surface area contributed by atoms with Gasteiger partial charge < -0.3 is 10.6 Å². The summed E-state index contributed by atoms with van der Waals surface area (Å²) >= 11 is 1.61. The molecule has 0 unspecified atom stereocenters. The summed E-state index contributed by atoms with van der Waals surface area (Å²) in [7, 11) is 0. The number of aromatic nitrogens is 1. The van der Waals surface area contributed by atoms with Crippen LogP contribution in [0.5, 0.6) is 0 Å². The van der Waals surface area contributed by atoms with Crippen LogP contribution < -0.4 is 10.6 Å². The normalized spacial score (nSPS) is 12.3. The monoisotopic (exact) mass is 370 g/mol. The first-order valence-corrected chi connectivity index (χ1v) is 8.72. The van der Waals surface area contributed by atoms with Crippen LogP contribution in [-0.4, -0.2) is 17.5 Å². The molecule has 4 nitrogen and oxygen atoms in total. The summed E-state index contributed by atoms with van der Waals surface area (Å²) in [6.45, 7) is 7.25. The van der Waals surface area contributed by atoms with Gasteiger partial charge in [0.1, 0.15) is 5.01 Å². The van der Waals surface area contributed by atoms with Crippen molar-refractivity contribution in [2.75, 3.05) is 6.54 Å². The number of alkyl halides is 3. The van der Waals surface area contributed by atoms with E-state index in [-0.39, 0.29) is 6.54 Å². The van der Waals surface area contributed by atoms with Crippen LogP contribution in [0.2, 0.25) is 0 Å². The van der Waals surface area contributed by atoms with E-state index >= 15 is 0 Å². The first-order valence-electron chi connectivity index (χ1n) is 7.90. The molecule has 0 bridgehead atoms. The summed E-state index contributed by atoms with van der Waals surface area (Å²) in [5.74, 6) is 0.547. The highest BCUT2D eigenvalue weighted by Crippen LogP contribution is 2.29. The van der Waals surface area contributed by atoms with Crippen LogP contribution in [0.15, 0.2) is 29.3 Å². The molecule has 1 aromatic heterocycles. The van der Waals surface area contributed by atoms with Crippen molar-refractivity contribution in [3.63, 3.8) is 0 Å². The maximum Gasteiger partial charge on any atom is 0.416 e. The van der Waals surface area contributed by atoms with Crippen LogP contribution >= 0.6 is 11.3 Å². The molecule has 0 fully saturated rings. The van der Waals surface area contributed by atoms with Crippen LogP contribution in [0.4, 0.5) is 13.2 Å². The largest absolute Gasteiger partial charge is 0.416 e. The molecule has 2 rings (SSSR count). The highest BCUT2D eigenvalue weighted by atomic mass is 32.1. The molecule has 8 heteroatoms. The lowest BCUT2D eigenvalue weighted by molar-refractivity contribution is -0.137. The summed E-state index contributed by atoms with van der Waals surface area (Å²) in [6, 6.07) is 5.22. The molecule has 136 valence electrons. The Hall–Kier alpha value is -2.09. The van der Waals surface area contributed by atoms with E-state index in [9.17, 15) is 13.2 Å². The van der Waals surface area contributed by atoms with Gasteiger partial charge >= 0.3 is 6.18 Å². The number of thiazole rings is 1. The third kappa shape index (κ3) is 5.74. The Morgan fingerprint density at radius 3 is 2.60 bits per heavy atom. The third-order valence-corrected chi connectivity index (χ3v) is 4.57. The van der Waals surface area contributed by atoms with E-state index < -0.39 is 11.7 Å². The Kier molecular flexibility index (Phi) is 6.41. The van der Waals surface area contributed by atoms with Crippen LogP contribution in [0.3, 0.4) is 0 Å². The van der Waals surface area contributed by atoms with E-state index in [1.807, 2.05) is 20.8 Å². The van der Waals surface area contributed by atoms with Gasteiger partial charge in [0.15, 0.2) is 5.96 Å². The van der Waals surface area contributed by atoms with Crippen molar-refractivity contribution in [2.45, 2.75) is 40.0 Å². The summed E-state index contributed by atoms with van der Waals surface area (Å²) in [5, 5.41) is 7.18. The van der Waals surface area contributed by atoms with Crippen molar-refractivity contribution in [1.82, 2.24) is 15.6 Å². The molecule has 0 aliphatic rings. The topological polar surface area (TPSA) is 49.3 Å². The molecule has 0 atom stereocenters. The lowest BCUT2D eigenvalue weighted by Crippen LogP contribution is -2.36. The molecule has 0 saturated carbocycles. The summed E-state index contributed by atoms with van der Waals surface area (Å²) in [6.07, 6.45) is -4.34. The van der Waals surface area contributed by atoms with Crippen molar-refractivity contribution < 1.29 is 13.2 Å². The molecular weight excluding hydrogens is 349 g/mol. The number of guanidine groups is 1. The highest BCUT2D eigenvalue weighted by Gasteiger charge is 2.30. The average molecular weight is 370 g/mol. The van der Waals surface area contributed by atoms with Crippen molar-refractivity contribution in [1.29, 1.82) is 0 Å². The fraction of sp³-hybridized carbons (Fsp3) is 0.412. The molecule has 0 aliphatic carbocycles. The molecule has 0 aliphatic heterocycles. The maximum atomic E-state index is 12.8. The minimum atomic E-state index is -4.34. The number of hydrogen-bond acceptors (Lipinski definition) is 3. The lowest BCUT2D eigenvalue weighted by Gasteiger charge is -2.11. The van der Waals surface area contributed by atoms with Crippen molar-refractivity contribution >= 4 is 17.3 Å². The molecule has 0 amide bonds. The second-order valence-corrected chi connectivity index (χ2v) is 6.78. The Labute approximate surface area is 149 Å². The van der Waals surface area contributed by atoms with Crippen LogP contribution in [0, 0.1) is 13.8 Å². The predicted octanol–water partition coefficient (Wildman–Crippen LogP) is 4.03. The van der Waals surface area contributed by atoms with E-state index in [4.69, 9.17) is 0 Å². The molecule has 0 saturated heterocycles. The maximum absolute atomic E-state index is 12.8. The van der Waals surface area contributed by atoms with Gasteiger partial charge in [-0.1, -0.05) is 12.1 Å². The van der Waals surface area contributed by atoms with Gasteiger partial charge in [0.05, 0.1) is 24.3 Å². The minimum absolute atomic E-state index is 0.162. The Morgan fingerprint density at radius 2 is 2.00 bits per heavy atom. The van der Waals surface area contributed by atoms with Gasteiger partial charge in [-0.05, 0) is 38.5 Å². The second kappa shape index (κ2) is 8.33. The molecule has 25 heavy (non-hydrogen) atoms.